The molecule has 7 nitrogen and oxygen atoms in total. The lowest BCUT2D eigenvalue weighted by Gasteiger charge is -2.02. The van der Waals surface area contributed by atoms with E-state index in [4.69, 9.17) is 10.8 Å². The van der Waals surface area contributed by atoms with Crippen LogP contribution in [0.2, 0.25) is 0 Å². The first-order chi connectivity index (χ1) is 8.91. The van der Waals surface area contributed by atoms with Crippen molar-refractivity contribution in [3.63, 3.8) is 0 Å². The highest BCUT2D eigenvalue weighted by atomic mass is 32.2. The third kappa shape index (κ3) is 2.34. The van der Waals surface area contributed by atoms with Crippen LogP contribution >= 0.6 is 11.8 Å². The summed E-state index contributed by atoms with van der Waals surface area (Å²) in [5.41, 5.74) is 6.80. The van der Waals surface area contributed by atoms with E-state index >= 15 is 0 Å². The van der Waals surface area contributed by atoms with Gasteiger partial charge in [0.25, 0.3) is 0 Å². The molecule has 1 aromatic carbocycles. The van der Waals surface area contributed by atoms with Gasteiger partial charge in [-0.25, -0.2) is 4.79 Å². The molecule has 0 aliphatic heterocycles. The number of nitrogens with zero attached hydrogens (tertiary/aromatic N) is 2. The van der Waals surface area contributed by atoms with Gasteiger partial charge in [0.15, 0.2) is 0 Å². The van der Waals surface area contributed by atoms with Gasteiger partial charge in [-0.2, -0.15) is 0 Å². The first kappa shape index (κ1) is 13.2. The Kier molecular flexibility index (Phi) is 3.34. The van der Waals surface area contributed by atoms with Gasteiger partial charge < -0.3 is 15.4 Å². The van der Waals surface area contributed by atoms with E-state index in [1.165, 1.54) is 6.07 Å². The summed E-state index contributed by atoms with van der Waals surface area (Å²) in [5, 5.41) is 19.2. The molecular weight excluding hydrogens is 270 g/mol. The lowest BCUT2D eigenvalue weighted by atomic mass is 10.1. The molecule has 0 aliphatic carbocycles. The fourth-order valence-electron chi connectivity index (χ4n) is 2.02. The maximum atomic E-state index is 11.1. The first-order valence-electron chi connectivity index (χ1n) is 5.28. The van der Waals surface area contributed by atoms with Crippen LogP contribution in [-0.2, 0) is 12.8 Å². The maximum Gasteiger partial charge on any atom is 0.365 e. The molecule has 8 heteroatoms. The summed E-state index contributed by atoms with van der Waals surface area (Å²) in [5.74, 6) is 0.150. The second-order valence-electron chi connectivity index (χ2n) is 3.97. The van der Waals surface area contributed by atoms with Crippen molar-refractivity contribution in [2.45, 2.75) is 5.75 Å². The molecule has 2 aromatic rings. The molecule has 3 N–H and O–H groups in total. The van der Waals surface area contributed by atoms with Gasteiger partial charge >= 0.3 is 11.0 Å². The smallest absolute Gasteiger partial charge is 0.365 e. The van der Waals surface area contributed by atoms with Gasteiger partial charge in [-0.3, -0.25) is 10.1 Å². The van der Waals surface area contributed by atoms with Crippen LogP contribution in [0.5, 0.6) is 0 Å². The minimum absolute atomic E-state index is 0.0743. The monoisotopic (exact) mass is 281 g/mol. The van der Waals surface area contributed by atoms with Crippen LogP contribution < -0.4 is 5.73 Å². The van der Waals surface area contributed by atoms with Crippen LogP contribution in [0.3, 0.4) is 0 Å². The van der Waals surface area contributed by atoms with Crippen LogP contribution in [0.15, 0.2) is 18.3 Å². The molecule has 1 heterocycles. The first-order valence-corrected chi connectivity index (χ1v) is 6.27. The average molecular weight is 281 g/mol. The number of benzene rings is 1. The van der Waals surface area contributed by atoms with Crippen molar-refractivity contribution in [2.75, 3.05) is 5.73 Å². The number of hydrogen-bond donors (Lipinski definition) is 2. The van der Waals surface area contributed by atoms with E-state index in [-0.39, 0.29) is 17.1 Å². The number of rotatable bonds is 3. The van der Waals surface area contributed by atoms with Crippen molar-refractivity contribution in [3.8, 4) is 0 Å². The van der Waals surface area contributed by atoms with E-state index < -0.39 is 10.2 Å². The third-order valence-corrected chi connectivity index (χ3v) is 3.47. The lowest BCUT2D eigenvalue weighted by molar-refractivity contribution is -0.382. The number of nitro groups is 1. The fraction of sp³-hybridized carbons (Fsp3) is 0.182. The van der Waals surface area contributed by atoms with Crippen molar-refractivity contribution in [1.82, 2.24) is 4.57 Å². The Morgan fingerprint density at radius 1 is 1.58 bits per heavy atom. The van der Waals surface area contributed by atoms with Crippen LogP contribution in [0.25, 0.3) is 10.9 Å². The van der Waals surface area contributed by atoms with Gasteiger partial charge in [0.2, 0.25) is 0 Å². The number of carbonyl (C=O) groups is 1. The van der Waals surface area contributed by atoms with Crippen LogP contribution in [0.4, 0.5) is 16.2 Å². The number of hydrogen-bond acceptors (Lipinski definition) is 5. The summed E-state index contributed by atoms with van der Waals surface area (Å²) < 4.78 is 1.72. The minimum atomic E-state index is -1.02. The van der Waals surface area contributed by atoms with Crippen molar-refractivity contribution in [2.24, 2.45) is 7.05 Å². The van der Waals surface area contributed by atoms with E-state index in [0.717, 1.165) is 0 Å². The SMILES string of the molecule is Cn1cc(CSC(=O)O)c2c([N+](=O)[O-])c(N)ccc21. The molecule has 0 saturated heterocycles. The zero-order valence-corrected chi connectivity index (χ0v) is 10.8. The van der Waals surface area contributed by atoms with Gasteiger partial charge in [0.05, 0.1) is 15.8 Å². The fourth-order valence-corrected chi connectivity index (χ4v) is 2.52. The predicted octanol–water partition coefficient (Wildman–Crippen LogP) is 2.58. The zero-order chi connectivity index (χ0) is 14.2. The van der Waals surface area contributed by atoms with Crippen molar-refractivity contribution in [1.29, 1.82) is 0 Å². The van der Waals surface area contributed by atoms with Gasteiger partial charge in [-0.1, -0.05) is 0 Å². The molecule has 0 spiro atoms. The van der Waals surface area contributed by atoms with E-state index in [9.17, 15) is 14.9 Å². The number of thioether (sulfide) groups is 1. The number of nitrogens with two attached hydrogens (primary N) is 1. The Hall–Kier alpha value is -2.22. The van der Waals surface area contributed by atoms with E-state index in [0.29, 0.717) is 28.2 Å². The highest BCUT2D eigenvalue weighted by Crippen LogP contribution is 2.36. The molecule has 0 fully saturated rings. The quantitative estimate of drug-likeness (QED) is 0.508. The van der Waals surface area contributed by atoms with E-state index in [1.54, 1.807) is 23.9 Å². The predicted molar refractivity (Wildman–Crippen MR) is 73.3 cm³/mol. The average Bonchev–Trinajstić information content (AvgIpc) is 2.63. The summed E-state index contributed by atoms with van der Waals surface area (Å²) in [6, 6.07) is 3.17. The summed E-state index contributed by atoms with van der Waals surface area (Å²) in [6.07, 6.45) is 1.69. The molecule has 0 amide bonds. The maximum absolute atomic E-state index is 11.1. The van der Waals surface area contributed by atoms with Crippen LogP contribution in [-0.4, -0.2) is 19.9 Å². The normalized spacial score (nSPS) is 10.8. The van der Waals surface area contributed by atoms with Gasteiger partial charge in [-0.15, -0.1) is 0 Å². The zero-order valence-electron chi connectivity index (χ0n) is 9.99. The molecule has 2 rings (SSSR count). The standard InChI is InChI=1S/C11H11N3O4S/c1-13-4-6(5-19-11(15)16)9-8(13)3-2-7(12)10(9)14(17)18/h2-4H,5,12H2,1H3,(H,15,16). The topological polar surface area (TPSA) is 111 Å². The van der Waals surface area contributed by atoms with Crippen LogP contribution in [0.1, 0.15) is 5.56 Å². The summed E-state index contributed by atoms with van der Waals surface area (Å²) in [6.45, 7) is 0. The number of aryl methyl sites for hydroxylation is 1. The molecule has 100 valence electrons. The Morgan fingerprint density at radius 3 is 2.84 bits per heavy atom. The number of nitrogen functional groups attached to an aromatic ring is 1. The van der Waals surface area contributed by atoms with Crippen molar-refractivity contribution in [3.05, 3.63) is 34.0 Å². The van der Waals surface area contributed by atoms with Gasteiger partial charge in [-0.05, 0) is 29.5 Å². The second kappa shape index (κ2) is 4.81. The largest absolute Gasteiger partial charge is 0.473 e. The Morgan fingerprint density at radius 2 is 2.26 bits per heavy atom. The molecule has 1 aromatic heterocycles. The molecule has 0 unspecified atom stereocenters. The number of carboxylic acid groups (broad SMARTS) is 1. The molecule has 0 saturated carbocycles. The summed E-state index contributed by atoms with van der Waals surface area (Å²) >= 11 is 0.679. The van der Waals surface area contributed by atoms with Crippen molar-refractivity contribution >= 4 is 39.3 Å². The van der Waals surface area contributed by atoms with E-state index in [1.807, 2.05) is 0 Å². The number of aromatic nitrogens is 1. The Bertz CT molecular complexity index is 680. The van der Waals surface area contributed by atoms with E-state index in [2.05, 4.69) is 0 Å². The Balaban J connectivity index is 2.67. The Labute approximate surface area is 112 Å². The molecule has 19 heavy (non-hydrogen) atoms. The third-order valence-electron chi connectivity index (χ3n) is 2.77. The lowest BCUT2D eigenvalue weighted by Crippen LogP contribution is -1.97. The summed E-state index contributed by atoms with van der Waals surface area (Å²) in [4.78, 5) is 21.2. The molecular formula is C11H11N3O4S. The van der Waals surface area contributed by atoms with Crippen molar-refractivity contribution < 1.29 is 14.8 Å². The minimum Gasteiger partial charge on any atom is -0.473 e. The molecule has 0 bridgehead atoms. The molecule has 0 aliphatic rings. The highest BCUT2D eigenvalue weighted by molar-refractivity contribution is 8.12. The highest BCUT2D eigenvalue weighted by Gasteiger charge is 2.22. The molecule has 0 atom stereocenters. The summed E-state index contributed by atoms with van der Waals surface area (Å²) in [7, 11) is 1.75. The molecule has 0 radical (unpaired) electrons. The van der Waals surface area contributed by atoms with Gasteiger partial charge in [0.1, 0.15) is 5.69 Å². The number of fused-ring (bicyclic) bond motifs is 1. The second-order valence-corrected chi connectivity index (χ2v) is 4.90. The number of nitro benzene ring substituents is 1. The van der Waals surface area contributed by atoms with Gasteiger partial charge in [0, 0.05) is 19.0 Å². The number of anilines is 1. The van der Waals surface area contributed by atoms with Crippen LogP contribution in [0, 0.1) is 10.1 Å².